The average molecular weight is 362 g/mol. The van der Waals surface area contributed by atoms with Crippen molar-refractivity contribution in [2.45, 2.75) is 17.9 Å². The van der Waals surface area contributed by atoms with Crippen LogP contribution in [-0.4, -0.2) is 19.9 Å². The summed E-state index contributed by atoms with van der Waals surface area (Å²) in [5, 5.41) is 3.29. The molecule has 0 amide bonds. The molecule has 1 aromatic heterocycles. The third-order valence-electron chi connectivity index (χ3n) is 3.29. The van der Waals surface area contributed by atoms with E-state index in [2.05, 4.69) is 15.0 Å². The SMILES string of the molecule is Cl.Cl.O=S(=O)(Nc1ccc2c(c1)CCNC2)c1cccnc1. The van der Waals surface area contributed by atoms with Crippen LogP contribution in [0.1, 0.15) is 11.1 Å². The lowest BCUT2D eigenvalue weighted by atomic mass is 10.0. The van der Waals surface area contributed by atoms with E-state index >= 15 is 0 Å². The Kier molecular flexibility index (Phi) is 6.62. The predicted molar refractivity (Wildman–Crippen MR) is 91.4 cm³/mol. The van der Waals surface area contributed by atoms with Gasteiger partial charge in [0.1, 0.15) is 4.90 Å². The van der Waals surface area contributed by atoms with Gasteiger partial charge in [0.2, 0.25) is 0 Å². The van der Waals surface area contributed by atoms with E-state index in [4.69, 9.17) is 0 Å². The zero-order chi connectivity index (χ0) is 14.0. The maximum absolute atomic E-state index is 12.2. The van der Waals surface area contributed by atoms with Gasteiger partial charge in [-0.15, -0.1) is 24.8 Å². The molecule has 0 saturated carbocycles. The molecule has 120 valence electrons. The molecular formula is C14H17Cl2N3O2S. The van der Waals surface area contributed by atoms with Gasteiger partial charge >= 0.3 is 0 Å². The fourth-order valence-corrected chi connectivity index (χ4v) is 3.27. The fraction of sp³-hybridized carbons (Fsp3) is 0.214. The second-order valence-corrected chi connectivity index (χ2v) is 6.39. The Labute approximate surface area is 142 Å². The minimum atomic E-state index is -3.57. The van der Waals surface area contributed by atoms with Crippen LogP contribution < -0.4 is 10.0 Å². The number of pyridine rings is 1. The Morgan fingerprint density at radius 2 is 1.95 bits per heavy atom. The number of nitrogens with zero attached hydrogens (tertiary/aromatic N) is 1. The molecule has 1 aromatic carbocycles. The van der Waals surface area contributed by atoms with Crippen LogP contribution in [0.25, 0.3) is 0 Å². The summed E-state index contributed by atoms with van der Waals surface area (Å²) in [5.41, 5.74) is 3.00. The van der Waals surface area contributed by atoms with E-state index in [0.717, 1.165) is 19.5 Å². The van der Waals surface area contributed by atoms with Gasteiger partial charge in [-0.1, -0.05) is 6.07 Å². The van der Waals surface area contributed by atoms with Gasteiger partial charge in [-0.2, -0.15) is 0 Å². The molecule has 3 rings (SSSR count). The number of fused-ring (bicyclic) bond motifs is 1. The number of halogens is 2. The van der Waals surface area contributed by atoms with Crippen LogP contribution in [0.3, 0.4) is 0 Å². The molecule has 5 nitrogen and oxygen atoms in total. The van der Waals surface area contributed by atoms with Crippen molar-refractivity contribution in [3.8, 4) is 0 Å². The third-order valence-corrected chi connectivity index (χ3v) is 4.66. The van der Waals surface area contributed by atoms with Gasteiger partial charge < -0.3 is 5.32 Å². The Hall–Kier alpha value is -1.34. The number of hydrogen-bond donors (Lipinski definition) is 2. The van der Waals surface area contributed by atoms with E-state index in [1.807, 2.05) is 12.1 Å². The molecule has 0 atom stereocenters. The highest BCUT2D eigenvalue weighted by Gasteiger charge is 2.15. The van der Waals surface area contributed by atoms with Crippen LogP contribution in [0.4, 0.5) is 5.69 Å². The van der Waals surface area contributed by atoms with Crippen molar-refractivity contribution >= 4 is 40.5 Å². The molecule has 1 aliphatic heterocycles. The van der Waals surface area contributed by atoms with Crippen LogP contribution >= 0.6 is 24.8 Å². The van der Waals surface area contributed by atoms with E-state index in [0.29, 0.717) is 5.69 Å². The molecule has 0 fully saturated rings. The highest BCUT2D eigenvalue weighted by molar-refractivity contribution is 7.92. The van der Waals surface area contributed by atoms with Crippen molar-refractivity contribution in [3.63, 3.8) is 0 Å². The van der Waals surface area contributed by atoms with Gasteiger partial charge in [0.05, 0.1) is 0 Å². The lowest BCUT2D eigenvalue weighted by molar-refractivity contribution is 0.600. The molecule has 0 saturated heterocycles. The number of benzene rings is 1. The first kappa shape index (κ1) is 18.7. The van der Waals surface area contributed by atoms with Crippen LogP contribution in [0.2, 0.25) is 0 Å². The van der Waals surface area contributed by atoms with Crippen molar-refractivity contribution < 1.29 is 8.42 Å². The Balaban J connectivity index is 0.00000121. The van der Waals surface area contributed by atoms with E-state index < -0.39 is 10.0 Å². The smallest absolute Gasteiger partial charge is 0.263 e. The molecular weight excluding hydrogens is 345 g/mol. The predicted octanol–water partition coefficient (Wildman–Crippen LogP) is 2.37. The second-order valence-electron chi connectivity index (χ2n) is 4.70. The van der Waals surface area contributed by atoms with E-state index in [9.17, 15) is 8.42 Å². The first-order valence-corrected chi connectivity index (χ1v) is 7.89. The molecule has 8 heteroatoms. The van der Waals surface area contributed by atoms with Crippen molar-refractivity contribution in [1.29, 1.82) is 0 Å². The minimum Gasteiger partial charge on any atom is -0.312 e. The topological polar surface area (TPSA) is 71.1 Å². The monoisotopic (exact) mass is 361 g/mol. The number of rotatable bonds is 3. The first-order chi connectivity index (χ1) is 9.65. The summed E-state index contributed by atoms with van der Waals surface area (Å²) in [5.74, 6) is 0. The maximum atomic E-state index is 12.2. The van der Waals surface area contributed by atoms with Gasteiger partial charge in [0.15, 0.2) is 0 Å². The number of anilines is 1. The molecule has 0 radical (unpaired) electrons. The number of sulfonamides is 1. The lowest BCUT2D eigenvalue weighted by Gasteiger charge is -2.18. The summed E-state index contributed by atoms with van der Waals surface area (Å²) < 4.78 is 27.0. The third kappa shape index (κ3) is 4.10. The van der Waals surface area contributed by atoms with E-state index in [-0.39, 0.29) is 29.7 Å². The van der Waals surface area contributed by atoms with Crippen molar-refractivity contribution in [1.82, 2.24) is 10.3 Å². The van der Waals surface area contributed by atoms with Gasteiger partial charge in [0, 0.05) is 24.6 Å². The van der Waals surface area contributed by atoms with Crippen molar-refractivity contribution in [3.05, 3.63) is 53.9 Å². The number of aromatic nitrogens is 1. The quantitative estimate of drug-likeness (QED) is 0.880. The van der Waals surface area contributed by atoms with Gasteiger partial charge in [-0.25, -0.2) is 8.42 Å². The zero-order valence-electron chi connectivity index (χ0n) is 11.7. The van der Waals surface area contributed by atoms with Gasteiger partial charge in [-0.05, 0) is 48.4 Å². The zero-order valence-corrected chi connectivity index (χ0v) is 14.1. The average Bonchev–Trinajstić information content (AvgIpc) is 2.48. The molecule has 0 unspecified atom stereocenters. The van der Waals surface area contributed by atoms with Crippen LogP contribution in [0.5, 0.6) is 0 Å². The van der Waals surface area contributed by atoms with Crippen molar-refractivity contribution in [2.24, 2.45) is 0 Å². The first-order valence-electron chi connectivity index (χ1n) is 6.40. The summed E-state index contributed by atoms with van der Waals surface area (Å²) in [4.78, 5) is 4.00. The molecule has 0 spiro atoms. The standard InChI is InChI=1S/C14H15N3O2S.2ClH/c18-20(19,14-2-1-6-15-10-14)17-13-4-3-12-9-16-7-5-11(12)8-13;;/h1-4,6,8,10,16-17H,5,7,9H2;2*1H. The molecule has 2 N–H and O–H groups in total. The second kappa shape index (κ2) is 7.78. The normalized spacial score (nSPS) is 13.3. The lowest BCUT2D eigenvalue weighted by Crippen LogP contribution is -2.23. The minimum absolute atomic E-state index is 0. The molecule has 22 heavy (non-hydrogen) atoms. The summed E-state index contributed by atoms with van der Waals surface area (Å²) in [6.45, 7) is 1.76. The van der Waals surface area contributed by atoms with Crippen molar-refractivity contribution in [2.75, 3.05) is 11.3 Å². The Bertz CT molecular complexity index is 724. The number of hydrogen-bond acceptors (Lipinski definition) is 4. The summed E-state index contributed by atoms with van der Waals surface area (Å²) in [6, 6.07) is 8.79. The molecule has 0 bridgehead atoms. The van der Waals surface area contributed by atoms with Crippen LogP contribution in [0, 0.1) is 0 Å². The molecule has 0 aliphatic carbocycles. The number of nitrogens with one attached hydrogen (secondary N) is 2. The highest BCUT2D eigenvalue weighted by atomic mass is 35.5. The summed E-state index contributed by atoms with van der Waals surface area (Å²) in [7, 11) is -3.57. The molecule has 2 heterocycles. The fourth-order valence-electron chi connectivity index (χ4n) is 2.26. The van der Waals surface area contributed by atoms with E-state index in [1.54, 1.807) is 18.3 Å². The van der Waals surface area contributed by atoms with Crippen LogP contribution in [-0.2, 0) is 23.0 Å². The summed E-state index contributed by atoms with van der Waals surface area (Å²) >= 11 is 0. The Morgan fingerprint density at radius 1 is 1.14 bits per heavy atom. The van der Waals surface area contributed by atoms with Crippen LogP contribution in [0.15, 0.2) is 47.6 Å². The molecule has 1 aliphatic rings. The van der Waals surface area contributed by atoms with Gasteiger partial charge in [-0.3, -0.25) is 9.71 Å². The summed E-state index contributed by atoms with van der Waals surface area (Å²) in [6.07, 6.45) is 3.80. The molecule has 2 aromatic rings. The maximum Gasteiger partial charge on any atom is 0.263 e. The highest BCUT2D eigenvalue weighted by Crippen LogP contribution is 2.21. The largest absolute Gasteiger partial charge is 0.312 e. The Morgan fingerprint density at radius 3 is 2.68 bits per heavy atom. The van der Waals surface area contributed by atoms with Gasteiger partial charge in [0.25, 0.3) is 10.0 Å². The van der Waals surface area contributed by atoms with E-state index in [1.165, 1.54) is 23.4 Å².